The summed E-state index contributed by atoms with van der Waals surface area (Å²) in [7, 11) is -3.63. The van der Waals surface area contributed by atoms with E-state index < -0.39 is 10.0 Å². The molecule has 0 radical (unpaired) electrons. The van der Waals surface area contributed by atoms with Crippen LogP contribution in [0.3, 0.4) is 0 Å². The fourth-order valence-electron chi connectivity index (χ4n) is 3.04. The Bertz CT molecular complexity index is 551. The molecule has 0 spiro atoms. The first kappa shape index (κ1) is 15.5. The molecule has 1 saturated carbocycles. The first-order chi connectivity index (χ1) is 9.38. The van der Waals surface area contributed by atoms with Crippen molar-refractivity contribution in [3.05, 3.63) is 29.8 Å². The molecule has 1 aliphatic carbocycles. The van der Waals surface area contributed by atoms with Crippen LogP contribution in [-0.2, 0) is 10.0 Å². The van der Waals surface area contributed by atoms with E-state index in [-0.39, 0.29) is 10.9 Å². The van der Waals surface area contributed by atoms with E-state index in [1.807, 2.05) is 6.07 Å². The van der Waals surface area contributed by atoms with E-state index >= 15 is 0 Å². The minimum Gasteiger partial charge on any atom is -0.307 e. The highest BCUT2D eigenvalue weighted by molar-refractivity contribution is 7.89. The maximum absolute atomic E-state index is 11.4. The predicted molar refractivity (Wildman–Crippen MR) is 80.8 cm³/mol. The minimum atomic E-state index is -3.63. The molecule has 0 bridgehead atoms. The highest BCUT2D eigenvalue weighted by atomic mass is 32.2. The maximum atomic E-state index is 11.4. The Morgan fingerprint density at radius 2 is 1.90 bits per heavy atom. The van der Waals surface area contributed by atoms with Crippen molar-refractivity contribution >= 4 is 10.0 Å². The lowest BCUT2D eigenvalue weighted by molar-refractivity contribution is 0.352. The molecule has 0 saturated heterocycles. The molecule has 20 heavy (non-hydrogen) atoms. The van der Waals surface area contributed by atoms with Crippen molar-refractivity contribution in [1.82, 2.24) is 5.32 Å². The van der Waals surface area contributed by atoms with E-state index in [2.05, 4.69) is 19.2 Å². The number of primary sulfonamides is 1. The smallest absolute Gasteiger partial charge is 0.238 e. The van der Waals surface area contributed by atoms with Crippen LogP contribution in [-0.4, -0.2) is 14.5 Å². The summed E-state index contributed by atoms with van der Waals surface area (Å²) < 4.78 is 22.8. The van der Waals surface area contributed by atoms with Crippen molar-refractivity contribution in [2.24, 2.45) is 11.1 Å². The van der Waals surface area contributed by atoms with Gasteiger partial charge in [-0.15, -0.1) is 0 Å². The second-order valence-corrected chi connectivity index (χ2v) is 7.40. The monoisotopic (exact) mass is 296 g/mol. The Morgan fingerprint density at radius 1 is 1.25 bits per heavy atom. The van der Waals surface area contributed by atoms with Crippen LogP contribution in [0.4, 0.5) is 0 Å². The number of hydrogen-bond acceptors (Lipinski definition) is 3. The highest BCUT2D eigenvalue weighted by Crippen LogP contribution is 2.29. The molecule has 1 aromatic carbocycles. The summed E-state index contributed by atoms with van der Waals surface area (Å²) in [5.74, 6) is 0.735. The van der Waals surface area contributed by atoms with Crippen LogP contribution in [0, 0.1) is 5.92 Å². The summed E-state index contributed by atoms with van der Waals surface area (Å²) in [6, 6.07) is 7.44. The Kier molecular flexibility index (Phi) is 4.83. The largest absolute Gasteiger partial charge is 0.307 e. The average molecular weight is 296 g/mol. The third-order valence-corrected chi connectivity index (χ3v) is 5.22. The normalized spacial score (nSPS) is 19.9. The van der Waals surface area contributed by atoms with Gasteiger partial charge in [0.25, 0.3) is 0 Å². The van der Waals surface area contributed by atoms with Crippen LogP contribution in [0.2, 0.25) is 0 Å². The van der Waals surface area contributed by atoms with Crippen LogP contribution in [0.15, 0.2) is 29.2 Å². The molecule has 2 rings (SSSR count). The van der Waals surface area contributed by atoms with Gasteiger partial charge in [0.2, 0.25) is 10.0 Å². The summed E-state index contributed by atoms with van der Waals surface area (Å²) in [4.78, 5) is 0.178. The molecule has 0 heterocycles. The predicted octanol–water partition coefficient (Wildman–Crippen LogP) is 2.56. The summed E-state index contributed by atoms with van der Waals surface area (Å²) in [5, 5.41) is 8.76. The van der Waals surface area contributed by atoms with Gasteiger partial charge in [0, 0.05) is 12.1 Å². The first-order valence-corrected chi connectivity index (χ1v) is 8.81. The van der Waals surface area contributed by atoms with Gasteiger partial charge >= 0.3 is 0 Å². The van der Waals surface area contributed by atoms with E-state index in [1.54, 1.807) is 12.1 Å². The molecule has 0 amide bonds. The van der Waals surface area contributed by atoms with Crippen LogP contribution < -0.4 is 10.5 Å². The van der Waals surface area contributed by atoms with Crippen molar-refractivity contribution in [2.45, 2.75) is 56.5 Å². The molecule has 3 N–H and O–H groups in total. The molecule has 0 aromatic heterocycles. The van der Waals surface area contributed by atoms with Crippen LogP contribution in [0.5, 0.6) is 0 Å². The summed E-state index contributed by atoms with van der Waals surface area (Å²) in [6.07, 6.45) is 5.23. The molecule has 1 unspecified atom stereocenters. The second kappa shape index (κ2) is 6.24. The molecule has 5 heteroatoms. The number of rotatable bonds is 5. The van der Waals surface area contributed by atoms with Gasteiger partial charge < -0.3 is 5.32 Å². The van der Waals surface area contributed by atoms with Gasteiger partial charge in [-0.2, -0.15) is 0 Å². The number of hydrogen-bond donors (Lipinski definition) is 2. The molecule has 4 nitrogen and oxygen atoms in total. The van der Waals surface area contributed by atoms with Gasteiger partial charge in [0.15, 0.2) is 0 Å². The molecular weight excluding hydrogens is 272 g/mol. The Labute approximate surface area is 121 Å². The van der Waals surface area contributed by atoms with Gasteiger partial charge in [-0.1, -0.05) is 25.0 Å². The standard InChI is InChI=1S/C15H24N2O2S/c1-11(13-6-3-4-7-13)17-12(2)14-8-5-9-15(10-14)20(16,18)19/h5,8-13,17H,3-4,6-7H2,1-2H3,(H2,16,18,19)/t11-,12?/m0/s1. The zero-order chi connectivity index (χ0) is 14.8. The van der Waals surface area contributed by atoms with Crippen LogP contribution in [0.25, 0.3) is 0 Å². The number of nitrogens with two attached hydrogens (primary N) is 1. The number of sulfonamides is 1. The summed E-state index contributed by atoms with van der Waals surface area (Å²) in [5.41, 5.74) is 0.960. The Morgan fingerprint density at radius 3 is 2.50 bits per heavy atom. The summed E-state index contributed by atoms with van der Waals surface area (Å²) >= 11 is 0. The van der Waals surface area contributed by atoms with Crippen LogP contribution >= 0.6 is 0 Å². The third-order valence-electron chi connectivity index (χ3n) is 4.31. The quantitative estimate of drug-likeness (QED) is 0.877. The Hall–Kier alpha value is -0.910. The lowest BCUT2D eigenvalue weighted by Gasteiger charge is -2.25. The molecular formula is C15H24N2O2S. The molecule has 2 atom stereocenters. The van der Waals surface area contributed by atoms with Gasteiger partial charge in [-0.3, -0.25) is 0 Å². The molecule has 112 valence electrons. The number of nitrogens with one attached hydrogen (secondary N) is 1. The Balaban J connectivity index is 2.07. The summed E-state index contributed by atoms with van der Waals surface area (Å²) in [6.45, 7) is 4.28. The topological polar surface area (TPSA) is 72.2 Å². The lowest BCUT2D eigenvalue weighted by Crippen LogP contribution is -2.34. The lowest BCUT2D eigenvalue weighted by atomic mass is 9.98. The van der Waals surface area contributed by atoms with Crippen LogP contribution in [0.1, 0.15) is 51.1 Å². The average Bonchev–Trinajstić information content (AvgIpc) is 2.91. The zero-order valence-electron chi connectivity index (χ0n) is 12.2. The van der Waals surface area contributed by atoms with Crippen molar-refractivity contribution in [1.29, 1.82) is 0 Å². The zero-order valence-corrected chi connectivity index (χ0v) is 13.0. The fourth-order valence-corrected chi connectivity index (χ4v) is 3.61. The van der Waals surface area contributed by atoms with Crippen molar-refractivity contribution in [2.75, 3.05) is 0 Å². The van der Waals surface area contributed by atoms with Gasteiger partial charge in [-0.25, -0.2) is 13.6 Å². The molecule has 1 aliphatic rings. The van der Waals surface area contributed by atoms with E-state index in [1.165, 1.54) is 31.7 Å². The van der Waals surface area contributed by atoms with Gasteiger partial charge in [-0.05, 0) is 50.3 Å². The van der Waals surface area contributed by atoms with E-state index in [0.29, 0.717) is 6.04 Å². The highest BCUT2D eigenvalue weighted by Gasteiger charge is 2.23. The van der Waals surface area contributed by atoms with Gasteiger partial charge in [0.05, 0.1) is 4.90 Å². The van der Waals surface area contributed by atoms with E-state index in [4.69, 9.17) is 5.14 Å². The van der Waals surface area contributed by atoms with Crippen molar-refractivity contribution < 1.29 is 8.42 Å². The SMILES string of the molecule is CC(N[C@@H](C)C1CCCC1)c1cccc(S(N)(=O)=O)c1. The van der Waals surface area contributed by atoms with E-state index in [0.717, 1.165) is 11.5 Å². The van der Waals surface area contributed by atoms with Crippen molar-refractivity contribution in [3.63, 3.8) is 0 Å². The number of benzene rings is 1. The second-order valence-electron chi connectivity index (χ2n) is 5.84. The third kappa shape index (κ3) is 3.81. The minimum absolute atomic E-state index is 0.118. The molecule has 1 aromatic rings. The molecule has 0 aliphatic heterocycles. The maximum Gasteiger partial charge on any atom is 0.238 e. The first-order valence-electron chi connectivity index (χ1n) is 7.27. The van der Waals surface area contributed by atoms with Crippen molar-refractivity contribution in [3.8, 4) is 0 Å². The molecule has 1 fully saturated rings. The van der Waals surface area contributed by atoms with Gasteiger partial charge in [0.1, 0.15) is 0 Å². The fraction of sp³-hybridized carbons (Fsp3) is 0.600. The van der Waals surface area contributed by atoms with E-state index in [9.17, 15) is 8.42 Å².